The van der Waals surface area contributed by atoms with Crippen molar-refractivity contribution >= 4 is 11.8 Å². The van der Waals surface area contributed by atoms with Crippen LogP contribution in [0.5, 0.6) is 0 Å². The molecule has 4 nitrogen and oxygen atoms in total. The molecule has 1 heterocycles. The van der Waals surface area contributed by atoms with Crippen molar-refractivity contribution in [2.24, 2.45) is 0 Å². The first kappa shape index (κ1) is 17.5. The molecule has 1 fully saturated rings. The SMILES string of the molecule is Cc1cc(NC(=O)OCc2ccccc2)ccc1C1CCN(C)CC1. The lowest BCUT2D eigenvalue weighted by atomic mass is 9.87. The highest BCUT2D eigenvalue weighted by atomic mass is 16.5. The molecule has 2 aromatic rings. The predicted molar refractivity (Wildman–Crippen MR) is 101 cm³/mol. The molecule has 0 saturated carbocycles. The molecule has 0 atom stereocenters. The van der Waals surface area contributed by atoms with Crippen LogP contribution >= 0.6 is 0 Å². The lowest BCUT2D eigenvalue weighted by Gasteiger charge is -2.30. The van der Waals surface area contributed by atoms with E-state index in [1.165, 1.54) is 24.0 Å². The Bertz CT molecular complexity index is 707. The van der Waals surface area contributed by atoms with Gasteiger partial charge in [0, 0.05) is 5.69 Å². The Kier molecular flexibility index (Phi) is 5.71. The first-order chi connectivity index (χ1) is 12.1. The molecule has 0 unspecified atom stereocenters. The summed E-state index contributed by atoms with van der Waals surface area (Å²) in [4.78, 5) is 14.4. The first-order valence-corrected chi connectivity index (χ1v) is 8.88. The lowest BCUT2D eigenvalue weighted by molar-refractivity contribution is 0.155. The molecule has 0 aliphatic carbocycles. The fraction of sp³-hybridized carbons (Fsp3) is 0.381. The number of nitrogens with one attached hydrogen (secondary N) is 1. The van der Waals surface area contributed by atoms with Gasteiger partial charge in [0.1, 0.15) is 6.61 Å². The van der Waals surface area contributed by atoms with Crippen molar-refractivity contribution in [3.05, 3.63) is 65.2 Å². The number of nitrogens with zero attached hydrogens (tertiary/aromatic N) is 1. The number of benzene rings is 2. The Labute approximate surface area is 149 Å². The van der Waals surface area contributed by atoms with Crippen molar-refractivity contribution in [2.75, 3.05) is 25.5 Å². The van der Waals surface area contributed by atoms with Crippen molar-refractivity contribution in [2.45, 2.75) is 32.3 Å². The third kappa shape index (κ3) is 4.83. The number of likely N-dealkylation sites (tertiary alicyclic amines) is 1. The topological polar surface area (TPSA) is 41.6 Å². The fourth-order valence-electron chi connectivity index (χ4n) is 3.41. The maximum absolute atomic E-state index is 12.0. The number of aryl methyl sites for hydroxylation is 1. The zero-order valence-corrected chi connectivity index (χ0v) is 15.0. The summed E-state index contributed by atoms with van der Waals surface area (Å²) in [5.74, 6) is 0.621. The van der Waals surface area contributed by atoms with E-state index >= 15 is 0 Å². The van der Waals surface area contributed by atoms with Gasteiger partial charge in [0.2, 0.25) is 0 Å². The zero-order chi connectivity index (χ0) is 17.6. The van der Waals surface area contributed by atoms with Crippen molar-refractivity contribution in [3.63, 3.8) is 0 Å². The van der Waals surface area contributed by atoms with E-state index in [9.17, 15) is 4.79 Å². The van der Waals surface area contributed by atoms with Gasteiger partial charge >= 0.3 is 6.09 Å². The van der Waals surface area contributed by atoms with Crippen LogP contribution in [0.4, 0.5) is 10.5 Å². The molecule has 0 aromatic heterocycles. The Balaban J connectivity index is 1.56. The Morgan fingerprint density at radius 1 is 1.16 bits per heavy atom. The van der Waals surface area contributed by atoms with E-state index in [-0.39, 0.29) is 6.61 Å². The average Bonchev–Trinajstić information content (AvgIpc) is 2.62. The van der Waals surface area contributed by atoms with E-state index in [1.54, 1.807) is 0 Å². The van der Waals surface area contributed by atoms with Gasteiger partial charge in [-0.25, -0.2) is 4.79 Å². The average molecular weight is 338 g/mol. The molecule has 132 valence electrons. The van der Waals surface area contributed by atoms with Crippen molar-refractivity contribution in [3.8, 4) is 0 Å². The van der Waals surface area contributed by atoms with E-state index in [2.05, 4.69) is 30.3 Å². The Hall–Kier alpha value is -2.33. The summed E-state index contributed by atoms with van der Waals surface area (Å²) in [6.45, 7) is 4.69. The number of carbonyl (C=O) groups is 1. The summed E-state index contributed by atoms with van der Waals surface area (Å²) in [5, 5.41) is 2.82. The highest BCUT2D eigenvalue weighted by molar-refractivity contribution is 5.84. The van der Waals surface area contributed by atoms with Gasteiger partial charge in [0.25, 0.3) is 0 Å². The Morgan fingerprint density at radius 3 is 2.56 bits per heavy atom. The molecule has 1 saturated heterocycles. The van der Waals surface area contributed by atoms with Crippen LogP contribution in [0.3, 0.4) is 0 Å². The maximum atomic E-state index is 12.0. The fourth-order valence-corrected chi connectivity index (χ4v) is 3.41. The third-order valence-corrected chi connectivity index (χ3v) is 4.89. The zero-order valence-electron chi connectivity index (χ0n) is 15.0. The van der Waals surface area contributed by atoms with E-state index in [1.807, 2.05) is 42.5 Å². The summed E-state index contributed by atoms with van der Waals surface area (Å²) in [5.41, 5.74) is 4.39. The van der Waals surface area contributed by atoms with Crippen molar-refractivity contribution in [1.29, 1.82) is 0 Å². The molecular weight excluding hydrogens is 312 g/mol. The molecule has 25 heavy (non-hydrogen) atoms. The van der Waals surface area contributed by atoms with Gasteiger partial charge in [-0.3, -0.25) is 5.32 Å². The van der Waals surface area contributed by atoms with Crippen LogP contribution in [0, 0.1) is 6.92 Å². The molecule has 2 aromatic carbocycles. The maximum Gasteiger partial charge on any atom is 0.411 e. The van der Waals surface area contributed by atoms with E-state index in [0.717, 1.165) is 24.3 Å². The van der Waals surface area contributed by atoms with Crippen LogP contribution in [-0.4, -0.2) is 31.1 Å². The molecule has 1 aliphatic rings. The second kappa shape index (κ2) is 8.17. The van der Waals surface area contributed by atoms with Gasteiger partial charge in [0.05, 0.1) is 0 Å². The molecule has 0 bridgehead atoms. The van der Waals surface area contributed by atoms with Gasteiger partial charge < -0.3 is 9.64 Å². The van der Waals surface area contributed by atoms with Crippen LogP contribution in [0.25, 0.3) is 0 Å². The van der Waals surface area contributed by atoms with Crippen LogP contribution in [0.2, 0.25) is 0 Å². The van der Waals surface area contributed by atoms with E-state index in [4.69, 9.17) is 4.74 Å². The van der Waals surface area contributed by atoms with Gasteiger partial charge in [-0.05, 0) is 74.6 Å². The second-order valence-corrected chi connectivity index (χ2v) is 6.84. The minimum atomic E-state index is -0.421. The number of rotatable bonds is 4. The quantitative estimate of drug-likeness (QED) is 0.889. The van der Waals surface area contributed by atoms with E-state index < -0.39 is 6.09 Å². The summed E-state index contributed by atoms with van der Waals surface area (Å²) in [7, 11) is 2.18. The van der Waals surface area contributed by atoms with E-state index in [0.29, 0.717) is 5.92 Å². The number of hydrogen-bond acceptors (Lipinski definition) is 3. The van der Waals surface area contributed by atoms with Crippen LogP contribution in [-0.2, 0) is 11.3 Å². The highest BCUT2D eigenvalue weighted by Crippen LogP contribution is 2.31. The number of amides is 1. The number of anilines is 1. The number of carbonyl (C=O) groups excluding carboxylic acids is 1. The summed E-state index contributed by atoms with van der Waals surface area (Å²) in [6, 6.07) is 15.9. The standard InChI is InChI=1S/C21H26N2O2/c1-16-14-19(8-9-20(16)18-10-12-23(2)13-11-18)22-21(24)25-15-17-6-4-3-5-7-17/h3-9,14,18H,10-13,15H2,1-2H3,(H,22,24). The normalized spacial score (nSPS) is 15.8. The molecule has 0 spiro atoms. The van der Waals surface area contributed by atoms with Crippen molar-refractivity contribution < 1.29 is 9.53 Å². The number of hydrogen-bond donors (Lipinski definition) is 1. The van der Waals surface area contributed by atoms with Gasteiger partial charge in [-0.2, -0.15) is 0 Å². The largest absolute Gasteiger partial charge is 0.444 e. The first-order valence-electron chi connectivity index (χ1n) is 8.88. The summed E-state index contributed by atoms with van der Waals surface area (Å²) >= 11 is 0. The minimum absolute atomic E-state index is 0.277. The van der Waals surface area contributed by atoms with Crippen LogP contribution < -0.4 is 5.32 Å². The Morgan fingerprint density at radius 2 is 1.88 bits per heavy atom. The van der Waals surface area contributed by atoms with Gasteiger partial charge in [-0.15, -0.1) is 0 Å². The summed E-state index contributed by atoms with van der Waals surface area (Å²) in [6.07, 6.45) is 1.97. The summed E-state index contributed by atoms with van der Waals surface area (Å²) < 4.78 is 5.27. The molecule has 1 aliphatic heterocycles. The monoisotopic (exact) mass is 338 g/mol. The molecule has 3 rings (SSSR count). The smallest absolute Gasteiger partial charge is 0.411 e. The van der Waals surface area contributed by atoms with Crippen LogP contribution in [0.15, 0.2) is 48.5 Å². The second-order valence-electron chi connectivity index (χ2n) is 6.84. The molecule has 1 amide bonds. The molecular formula is C21H26N2O2. The minimum Gasteiger partial charge on any atom is -0.444 e. The predicted octanol–water partition coefficient (Wildman–Crippen LogP) is 4.55. The van der Waals surface area contributed by atoms with Gasteiger partial charge in [0.15, 0.2) is 0 Å². The number of ether oxygens (including phenoxy) is 1. The third-order valence-electron chi connectivity index (χ3n) is 4.89. The molecule has 0 radical (unpaired) electrons. The molecule has 1 N–H and O–H groups in total. The van der Waals surface area contributed by atoms with Gasteiger partial charge in [-0.1, -0.05) is 36.4 Å². The van der Waals surface area contributed by atoms with Crippen LogP contribution in [0.1, 0.15) is 35.4 Å². The highest BCUT2D eigenvalue weighted by Gasteiger charge is 2.20. The number of piperidine rings is 1. The molecule has 4 heteroatoms. The van der Waals surface area contributed by atoms with Crippen molar-refractivity contribution in [1.82, 2.24) is 4.90 Å². The lowest BCUT2D eigenvalue weighted by Crippen LogP contribution is -2.29.